The van der Waals surface area contributed by atoms with Gasteiger partial charge in [-0.3, -0.25) is 4.99 Å². The molecule has 2 heterocycles. The second-order valence-electron chi connectivity index (χ2n) is 3.99. The minimum Gasteiger partial charge on any atom is -0.376 e. The number of likely N-dealkylation sites (N-methyl/N-ethyl adjacent to an activating group) is 1. The molecular weight excluding hydrogens is 186 g/mol. The molecule has 0 fully saturated rings. The number of hydrogen-bond donors (Lipinski definition) is 0. The van der Waals surface area contributed by atoms with Crippen LogP contribution in [0.15, 0.2) is 40.8 Å². The van der Waals surface area contributed by atoms with E-state index in [0.29, 0.717) is 0 Å². The zero-order chi connectivity index (χ0) is 10.8. The van der Waals surface area contributed by atoms with Gasteiger partial charge in [0.25, 0.3) is 0 Å². The molecule has 0 aromatic heterocycles. The summed E-state index contributed by atoms with van der Waals surface area (Å²) in [5.41, 5.74) is 3.79. The van der Waals surface area contributed by atoms with Crippen molar-refractivity contribution in [2.75, 3.05) is 27.7 Å². The lowest BCUT2D eigenvalue weighted by Gasteiger charge is -2.33. The summed E-state index contributed by atoms with van der Waals surface area (Å²) in [5.74, 6) is 0. The lowest BCUT2D eigenvalue weighted by atomic mass is 10.0. The van der Waals surface area contributed by atoms with E-state index in [9.17, 15) is 0 Å². The Morgan fingerprint density at radius 2 is 2.13 bits per heavy atom. The van der Waals surface area contributed by atoms with Crippen molar-refractivity contribution in [1.29, 1.82) is 0 Å². The number of aliphatic imine (C=N–C) groups is 1. The first kappa shape index (κ1) is 10.0. The van der Waals surface area contributed by atoms with Crippen LogP contribution in [0.2, 0.25) is 0 Å². The topological polar surface area (TPSA) is 18.8 Å². The van der Waals surface area contributed by atoms with Crippen LogP contribution in [-0.2, 0) is 0 Å². The maximum Gasteiger partial charge on any atom is 0.0560 e. The van der Waals surface area contributed by atoms with Gasteiger partial charge in [0.1, 0.15) is 0 Å². The lowest BCUT2D eigenvalue weighted by molar-refractivity contribution is 0.435. The zero-order valence-electron chi connectivity index (χ0n) is 9.57. The SMILES string of the molecule is CN=C1C=CN2CC=CC(N(C)C)=C2C1. The highest BCUT2D eigenvalue weighted by Gasteiger charge is 2.20. The van der Waals surface area contributed by atoms with Gasteiger partial charge in [0, 0.05) is 51.7 Å². The average Bonchev–Trinajstić information content (AvgIpc) is 2.27. The van der Waals surface area contributed by atoms with Crippen LogP contribution < -0.4 is 0 Å². The first-order chi connectivity index (χ1) is 7.22. The lowest BCUT2D eigenvalue weighted by Crippen LogP contribution is -2.30. The number of allylic oxidation sites excluding steroid dienone is 3. The second-order valence-corrected chi connectivity index (χ2v) is 3.99. The molecule has 0 radical (unpaired) electrons. The summed E-state index contributed by atoms with van der Waals surface area (Å²) in [6, 6.07) is 0. The molecule has 0 atom stereocenters. The highest BCUT2D eigenvalue weighted by Crippen LogP contribution is 2.25. The molecule has 15 heavy (non-hydrogen) atoms. The van der Waals surface area contributed by atoms with Crippen molar-refractivity contribution in [2.45, 2.75) is 6.42 Å². The third kappa shape index (κ3) is 1.82. The molecule has 2 rings (SSSR count). The van der Waals surface area contributed by atoms with Crippen LogP contribution in [0.1, 0.15) is 6.42 Å². The molecular formula is C12H17N3. The quantitative estimate of drug-likeness (QED) is 0.645. The summed E-state index contributed by atoms with van der Waals surface area (Å²) in [6.45, 7) is 0.972. The average molecular weight is 203 g/mol. The van der Waals surface area contributed by atoms with E-state index in [1.165, 1.54) is 11.4 Å². The van der Waals surface area contributed by atoms with Crippen LogP contribution in [0, 0.1) is 0 Å². The fourth-order valence-electron chi connectivity index (χ4n) is 1.94. The van der Waals surface area contributed by atoms with E-state index in [1.807, 2.05) is 7.05 Å². The van der Waals surface area contributed by atoms with Gasteiger partial charge in [-0.05, 0) is 12.2 Å². The van der Waals surface area contributed by atoms with Crippen LogP contribution in [0.3, 0.4) is 0 Å². The molecule has 0 saturated carbocycles. The highest BCUT2D eigenvalue weighted by atomic mass is 15.2. The van der Waals surface area contributed by atoms with Gasteiger partial charge in [-0.25, -0.2) is 0 Å². The third-order valence-electron chi connectivity index (χ3n) is 2.78. The minimum atomic E-state index is 0.935. The molecule has 0 spiro atoms. The Morgan fingerprint density at radius 1 is 1.33 bits per heavy atom. The maximum absolute atomic E-state index is 4.26. The molecule has 0 N–H and O–H groups in total. The van der Waals surface area contributed by atoms with E-state index in [0.717, 1.165) is 18.7 Å². The molecule has 80 valence electrons. The molecule has 2 aliphatic heterocycles. The van der Waals surface area contributed by atoms with E-state index >= 15 is 0 Å². The first-order valence-electron chi connectivity index (χ1n) is 5.20. The highest BCUT2D eigenvalue weighted by molar-refractivity contribution is 5.97. The Balaban J connectivity index is 2.40. The number of hydrogen-bond acceptors (Lipinski definition) is 3. The van der Waals surface area contributed by atoms with Crippen molar-refractivity contribution in [3.8, 4) is 0 Å². The number of fused-ring (bicyclic) bond motifs is 1. The first-order valence-corrected chi connectivity index (χ1v) is 5.20. The molecule has 0 aliphatic carbocycles. The second kappa shape index (κ2) is 3.93. The van der Waals surface area contributed by atoms with Gasteiger partial charge in [0.15, 0.2) is 0 Å². The van der Waals surface area contributed by atoms with E-state index in [4.69, 9.17) is 0 Å². The van der Waals surface area contributed by atoms with E-state index in [2.05, 4.69) is 53.3 Å². The van der Waals surface area contributed by atoms with Crippen molar-refractivity contribution >= 4 is 5.71 Å². The van der Waals surface area contributed by atoms with Crippen molar-refractivity contribution in [3.63, 3.8) is 0 Å². The van der Waals surface area contributed by atoms with Crippen LogP contribution in [0.5, 0.6) is 0 Å². The van der Waals surface area contributed by atoms with Gasteiger partial charge in [0.05, 0.1) is 5.70 Å². The molecule has 3 nitrogen and oxygen atoms in total. The predicted molar refractivity (Wildman–Crippen MR) is 63.7 cm³/mol. The summed E-state index contributed by atoms with van der Waals surface area (Å²) < 4.78 is 0. The van der Waals surface area contributed by atoms with Gasteiger partial charge < -0.3 is 9.80 Å². The summed E-state index contributed by atoms with van der Waals surface area (Å²) in [5, 5.41) is 0. The zero-order valence-corrected chi connectivity index (χ0v) is 9.57. The summed E-state index contributed by atoms with van der Waals surface area (Å²) in [6.07, 6.45) is 9.53. The summed E-state index contributed by atoms with van der Waals surface area (Å²) in [7, 11) is 6.01. The maximum atomic E-state index is 4.26. The fourth-order valence-corrected chi connectivity index (χ4v) is 1.94. The van der Waals surface area contributed by atoms with Gasteiger partial charge in [0.2, 0.25) is 0 Å². The third-order valence-corrected chi connectivity index (χ3v) is 2.78. The number of nitrogens with zero attached hydrogens (tertiary/aromatic N) is 3. The Hall–Kier alpha value is -1.51. The van der Waals surface area contributed by atoms with Crippen molar-refractivity contribution in [1.82, 2.24) is 9.80 Å². The van der Waals surface area contributed by atoms with Crippen LogP contribution in [-0.4, -0.2) is 43.2 Å². The monoisotopic (exact) mass is 203 g/mol. The van der Waals surface area contributed by atoms with Gasteiger partial charge in [-0.15, -0.1) is 0 Å². The Bertz CT molecular complexity index is 372. The van der Waals surface area contributed by atoms with Crippen molar-refractivity contribution < 1.29 is 0 Å². The largest absolute Gasteiger partial charge is 0.376 e. The fraction of sp³-hybridized carbons (Fsp3) is 0.417. The standard InChI is InChI=1S/C12H17N3/c1-13-10-6-8-15-7-4-5-11(14(2)3)12(15)9-10/h4-6,8H,7,9H2,1-3H3. The Morgan fingerprint density at radius 3 is 2.80 bits per heavy atom. The molecule has 3 heteroatoms. The molecule has 0 saturated heterocycles. The Labute approximate surface area is 91.1 Å². The minimum absolute atomic E-state index is 0.935. The summed E-state index contributed by atoms with van der Waals surface area (Å²) in [4.78, 5) is 8.70. The van der Waals surface area contributed by atoms with E-state index in [-0.39, 0.29) is 0 Å². The van der Waals surface area contributed by atoms with Crippen LogP contribution in [0.25, 0.3) is 0 Å². The molecule has 2 aliphatic rings. The molecule has 0 bridgehead atoms. The van der Waals surface area contributed by atoms with E-state index < -0.39 is 0 Å². The molecule has 0 aromatic rings. The predicted octanol–water partition coefficient (Wildman–Crippen LogP) is 1.62. The normalized spacial score (nSPS) is 22.3. The van der Waals surface area contributed by atoms with Gasteiger partial charge >= 0.3 is 0 Å². The number of rotatable bonds is 1. The van der Waals surface area contributed by atoms with Crippen LogP contribution in [0.4, 0.5) is 0 Å². The molecule has 0 unspecified atom stereocenters. The van der Waals surface area contributed by atoms with Crippen molar-refractivity contribution in [3.05, 3.63) is 35.8 Å². The van der Waals surface area contributed by atoms with Gasteiger partial charge in [-0.1, -0.05) is 6.08 Å². The van der Waals surface area contributed by atoms with Gasteiger partial charge in [-0.2, -0.15) is 0 Å². The molecule has 0 aromatic carbocycles. The van der Waals surface area contributed by atoms with E-state index in [1.54, 1.807) is 0 Å². The summed E-state index contributed by atoms with van der Waals surface area (Å²) >= 11 is 0. The Kier molecular flexibility index (Phi) is 2.62. The molecule has 0 amide bonds. The smallest absolute Gasteiger partial charge is 0.0560 e. The van der Waals surface area contributed by atoms with Crippen LogP contribution >= 0.6 is 0 Å². The van der Waals surface area contributed by atoms with Crippen molar-refractivity contribution in [2.24, 2.45) is 4.99 Å².